The molecule has 0 atom stereocenters. The maximum atomic E-state index is 12.0. The molecule has 0 bridgehead atoms. The molecule has 110 valence electrons. The van der Waals surface area contributed by atoms with Gasteiger partial charge in [-0.15, -0.1) is 0 Å². The Morgan fingerprint density at radius 1 is 1.29 bits per heavy atom. The molecule has 0 aliphatic carbocycles. The van der Waals surface area contributed by atoms with Crippen molar-refractivity contribution in [3.63, 3.8) is 0 Å². The minimum atomic E-state index is -0.516. The van der Waals surface area contributed by atoms with Crippen LogP contribution in [0.3, 0.4) is 0 Å². The van der Waals surface area contributed by atoms with Crippen LogP contribution >= 0.6 is 11.6 Å². The van der Waals surface area contributed by atoms with Crippen molar-refractivity contribution < 1.29 is 9.59 Å². The van der Waals surface area contributed by atoms with Gasteiger partial charge in [0.2, 0.25) is 0 Å². The summed E-state index contributed by atoms with van der Waals surface area (Å²) in [4.78, 5) is 25.4. The number of amides is 1. The molecule has 0 fully saturated rings. The number of nitrogens with zero attached hydrogens (tertiary/aromatic N) is 2. The molecule has 0 unspecified atom stereocenters. The molecule has 0 N–H and O–H groups in total. The summed E-state index contributed by atoms with van der Waals surface area (Å²) < 4.78 is 0. The summed E-state index contributed by atoms with van der Waals surface area (Å²) in [5.74, 6) is -1.01. The average Bonchev–Trinajstić information content (AvgIpc) is 2.70. The quantitative estimate of drug-likeness (QED) is 0.617. The molecule has 0 saturated carbocycles. The van der Waals surface area contributed by atoms with E-state index in [9.17, 15) is 9.59 Å². The zero-order chi connectivity index (χ0) is 15.6. The van der Waals surface area contributed by atoms with Crippen LogP contribution in [0.15, 0.2) is 18.2 Å². The van der Waals surface area contributed by atoms with Crippen LogP contribution < -0.4 is 4.90 Å². The minimum Gasteiger partial charge on any atom is -0.303 e. The molecule has 21 heavy (non-hydrogen) atoms. The Morgan fingerprint density at radius 3 is 2.67 bits per heavy atom. The molecule has 1 heterocycles. The largest absolute Gasteiger partial charge is 0.303 e. The van der Waals surface area contributed by atoms with Crippen molar-refractivity contribution in [2.75, 3.05) is 11.4 Å². The Hall–Kier alpha value is -1.86. The van der Waals surface area contributed by atoms with Crippen LogP contribution in [0.25, 0.3) is 0 Å². The predicted octanol–water partition coefficient (Wildman–Crippen LogP) is 3.59. The highest BCUT2D eigenvalue weighted by Gasteiger charge is 2.36. The number of benzene rings is 1. The van der Waals surface area contributed by atoms with Crippen molar-refractivity contribution in [2.45, 2.75) is 33.1 Å². The van der Waals surface area contributed by atoms with Gasteiger partial charge in [-0.3, -0.25) is 9.59 Å². The number of halogens is 1. The van der Waals surface area contributed by atoms with Crippen LogP contribution in [0.2, 0.25) is 5.02 Å². The summed E-state index contributed by atoms with van der Waals surface area (Å²) in [6.45, 7) is 4.23. The van der Waals surface area contributed by atoms with Crippen molar-refractivity contribution in [1.29, 1.82) is 5.26 Å². The summed E-state index contributed by atoms with van der Waals surface area (Å²) in [6.07, 6.45) is 2.31. The smallest absolute Gasteiger partial charge is 0.299 e. The van der Waals surface area contributed by atoms with Gasteiger partial charge in [0, 0.05) is 6.54 Å². The lowest BCUT2D eigenvalue weighted by atomic mass is 9.89. The Morgan fingerprint density at radius 2 is 2.00 bits per heavy atom. The zero-order valence-corrected chi connectivity index (χ0v) is 12.9. The lowest BCUT2D eigenvalue weighted by molar-refractivity contribution is -0.114. The Kier molecular flexibility index (Phi) is 4.34. The van der Waals surface area contributed by atoms with Crippen molar-refractivity contribution in [3.8, 4) is 6.07 Å². The average molecular weight is 305 g/mol. The van der Waals surface area contributed by atoms with Crippen LogP contribution in [-0.4, -0.2) is 18.2 Å². The summed E-state index contributed by atoms with van der Waals surface area (Å²) >= 11 is 6.11. The first-order valence-electron chi connectivity index (χ1n) is 6.93. The summed E-state index contributed by atoms with van der Waals surface area (Å²) in [7, 11) is 0. The molecule has 0 radical (unpaired) electrons. The molecule has 1 aliphatic rings. The summed E-state index contributed by atoms with van der Waals surface area (Å²) in [5, 5.41) is 9.39. The fourth-order valence-corrected chi connectivity index (χ4v) is 2.69. The van der Waals surface area contributed by atoms with Gasteiger partial charge in [0.1, 0.15) is 0 Å². The third-order valence-corrected chi connectivity index (χ3v) is 3.98. The number of nitriles is 1. The number of Topliss-reactive ketones (excluding diaryl/α,β-unsaturated/α-hetero) is 1. The molecule has 1 aliphatic heterocycles. The third kappa shape index (κ3) is 3.08. The highest BCUT2D eigenvalue weighted by Crippen LogP contribution is 2.36. The molecule has 1 aromatic carbocycles. The number of carbonyl (C=O) groups is 2. The second-order valence-corrected chi connectivity index (χ2v) is 6.28. The fraction of sp³-hybridized carbons (Fsp3) is 0.438. The lowest BCUT2D eigenvalue weighted by Crippen LogP contribution is -2.31. The van der Waals surface area contributed by atoms with Gasteiger partial charge in [0.25, 0.3) is 11.7 Å². The Balaban J connectivity index is 2.04. The minimum absolute atomic E-state index is 0.361. The molecule has 1 amide bonds. The van der Waals surface area contributed by atoms with Gasteiger partial charge in [-0.2, -0.15) is 5.26 Å². The van der Waals surface area contributed by atoms with Crippen LogP contribution in [0.5, 0.6) is 0 Å². The van der Waals surface area contributed by atoms with E-state index in [4.69, 9.17) is 16.9 Å². The van der Waals surface area contributed by atoms with E-state index in [0.29, 0.717) is 22.8 Å². The van der Waals surface area contributed by atoms with Crippen molar-refractivity contribution in [2.24, 2.45) is 5.41 Å². The maximum absolute atomic E-state index is 12.0. The first kappa shape index (κ1) is 15.5. The number of carbonyl (C=O) groups excluding carboxylic acids is 2. The maximum Gasteiger partial charge on any atom is 0.299 e. The molecular weight excluding hydrogens is 288 g/mol. The second-order valence-electron chi connectivity index (χ2n) is 5.87. The third-order valence-electron chi connectivity index (χ3n) is 3.68. The van der Waals surface area contributed by atoms with Gasteiger partial charge in [-0.05, 0) is 38.8 Å². The van der Waals surface area contributed by atoms with Crippen LogP contribution in [0.1, 0.15) is 43.5 Å². The van der Waals surface area contributed by atoms with Gasteiger partial charge in [-0.25, -0.2) is 0 Å². The molecular formula is C16H17ClN2O2. The first-order chi connectivity index (χ1) is 9.87. The summed E-state index contributed by atoms with van der Waals surface area (Å²) in [5.41, 5.74) is 0.541. The van der Waals surface area contributed by atoms with Crippen LogP contribution in [0, 0.1) is 16.7 Å². The molecule has 0 saturated heterocycles. The standard InChI is InChI=1S/C16H17ClN2O2/c1-16(2,10-18)8-3-4-9-19-13-11(14(20)15(19)21)6-5-7-12(13)17/h5-7H,3-4,8-9H2,1-2H3. The first-order valence-corrected chi connectivity index (χ1v) is 7.31. The van der Waals surface area contributed by atoms with E-state index in [1.54, 1.807) is 18.2 Å². The normalized spacial score (nSPS) is 14.3. The zero-order valence-electron chi connectivity index (χ0n) is 12.1. The molecule has 0 aromatic heterocycles. The van der Waals surface area contributed by atoms with E-state index < -0.39 is 11.7 Å². The summed E-state index contributed by atoms with van der Waals surface area (Å²) in [6, 6.07) is 7.23. The van der Waals surface area contributed by atoms with E-state index in [1.165, 1.54) is 4.90 Å². The van der Waals surface area contributed by atoms with E-state index in [-0.39, 0.29) is 5.41 Å². The topological polar surface area (TPSA) is 61.2 Å². The number of hydrogen-bond donors (Lipinski definition) is 0. The Labute approximate surface area is 129 Å². The van der Waals surface area contributed by atoms with E-state index in [1.807, 2.05) is 13.8 Å². The fourth-order valence-electron chi connectivity index (χ4n) is 2.42. The number of para-hydroxylation sites is 1. The number of hydrogen-bond acceptors (Lipinski definition) is 3. The molecule has 4 nitrogen and oxygen atoms in total. The van der Waals surface area contributed by atoms with Gasteiger partial charge in [0.05, 0.1) is 27.8 Å². The Bertz CT molecular complexity index is 632. The van der Waals surface area contributed by atoms with E-state index in [2.05, 4.69) is 6.07 Å². The highest BCUT2D eigenvalue weighted by molar-refractivity contribution is 6.54. The van der Waals surface area contributed by atoms with Gasteiger partial charge >= 0.3 is 0 Å². The van der Waals surface area contributed by atoms with E-state index in [0.717, 1.165) is 19.3 Å². The van der Waals surface area contributed by atoms with Gasteiger partial charge in [0.15, 0.2) is 0 Å². The highest BCUT2D eigenvalue weighted by atomic mass is 35.5. The monoisotopic (exact) mass is 304 g/mol. The number of unbranched alkanes of at least 4 members (excludes halogenated alkanes) is 1. The van der Waals surface area contributed by atoms with Crippen LogP contribution in [0.4, 0.5) is 5.69 Å². The number of anilines is 1. The van der Waals surface area contributed by atoms with Gasteiger partial charge < -0.3 is 4.90 Å². The number of fused-ring (bicyclic) bond motifs is 1. The lowest BCUT2D eigenvalue weighted by Gasteiger charge is -2.19. The molecule has 2 rings (SSSR count). The van der Waals surface area contributed by atoms with E-state index >= 15 is 0 Å². The molecule has 1 aromatic rings. The molecule has 0 spiro atoms. The molecule has 5 heteroatoms. The number of ketones is 1. The van der Waals surface area contributed by atoms with Crippen molar-refractivity contribution in [1.82, 2.24) is 0 Å². The predicted molar refractivity (Wildman–Crippen MR) is 81.4 cm³/mol. The number of rotatable bonds is 5. The van der Waals surface area contributed by atoms with Gasteiger partial charge in [-0.1, -0.05) is 24.1 Å². The van der Waals surface area contributed by atoms with Crippen LogP contribution in [-0.2, 0) is 4.79 Å². The van der Waals surface area contributed by atoms with Crippen molar-refractivity contribution in [3.05, 3.63) is 28.8 Å². The second kappa shape index (κ2) is 5.87. The van der Waals surface area contributed by atoms with Crippen molar-refractivity contribution >= 4 is 29.0 Å². The SMILES string of the molecule is CC(C)(C#N)CCCCN1C(=O)C(=O)c2cccc(Cl)c21.